The topological polar surface area (TPSA) is 104 Å². The quantitative estimate of drug-likeness (QED) is 0.130. The van der Waals surface area contributed by atoms with Gasteiger partial charge < -0.3 is 25.2 Å². The molecule has 1 unspecified atom stereocenters. The van der Waals surface area contributed by atoms with Crippen molar-refractivity contribution in [2.75, 3.05) is 36.0 Å². The summed E-state index contributed by atoms with van der Waals surface area (Å²) >= 11 is 0.129. The lowest BCUT2D eigenvalue weighted by atomic mass is 10.0. The van der Waals surface area contributed by atoms with Crippen molar-refractivity contribution >= 4 is 47.2 Å². The summed E-state index contributed by atoms with van der Waals surface area (Å²) in [6.45, 7) is 1.71. The van der Waals surface area contributed by atoms with Crippen molar-refractivity contribution in [3.8, 4) is 11.5 Å². The number of carbonyl (C=O) groups excluding carboxylic acids is 1. The molecule has 0 fully saturated rings. The molecule has 0 radical (unpaired) electrons. The van der Waals surface area contributed by atoms with Gasteiger partial charge in [0.15, 0.2) is 0 Å². The Morgan fingerprint density at radius 2 is 1.84 bits per heavy atom. The van der Waals surface area contributed by atoms with Gasteiger partial charge in [-0.2, -0.15) is 5.10 Å². The lowest BCUT2D eigenvalue weighted by Gasteiger charge is -2.16. The van der Waals surface area contributed by atoms with Gasteiger partial charge in [-0.25, -0.2) is 5.43 Å². The van der Waals surface area contributed by atoms with Crippen LogP contribution in [-0.2, 0) is 4.79 Å². The molecule has 3 aromatic rings. The second kappa shape index (κ2) is 13.0. The van der Waals surface area contributed by atoms with E-state index in [-0.39, 0.29) is 33.2 Å². The summed E-state index contributed by atoms with van der Waals surface area (Å²) in [6.07, 6.45) is 0.483. The number of hydrazone groups is 1. The smallest absolute Gasteiger partial charge is 0.240 e. The highest BCUT2D eigenvalue weighted by molar-refractivity contribution is 14.2. The second-order valence-electron chi connectivity index (χ2n) is 9.01. The van der Waals surface area contributed by atoms with Gasteiger partial charge in [0.2, 0.25) is 5.91 Å². The molecule has 0 spiro atoms. The minimum absolute atomic E-state index is 0.0362. The largest absolute Gasteiger partial charge is 0.492 e. The monoisotopic (exact) mass is 626 g/mol. The fraction of sp³-hybridized carbons (Fsp3) is 0.276. The molecule has 2 aliphatic heterocycles. The van der Waals surface area contributed by atoms with Gasteiger partial charge in [0.25, 0.3) is 0 Å². The highest BCUT2D eigenvalue weighted by Gasteiger charge is 2.20. The average Bonchev–Trinajstić information content (AvgIpc) is 3.79. The lowest BCUT2D eigenvalue weighted by Crippen LogP contribution is -2.33. The summed E-state index contributed by atoms with van der Waals surface area (Å²) in [5.41, 5.74) is 7.63. The van der Waals surface area contributed by atoms with E-state index in [1.165, 1.54) is 13.5 Å². The third kappa shape index (κ3) is 7.62. The van der Waals surface area contributed by atoms with Crippen LogP contribution in [-0.4, -0.2) is 57.1 Å². The molecule has 8 nitrogen and oxygen atoms in total. The van der Waals surface area contributed by atoms with E-state index in [4.69, 9.17) is 9.47 Å². The van der Waals surface area contributed by atoms with Gasteiger partial charge in [-0.05, 0) is 48.0 Å². The normalized spacial score (nSPS) is 15.3. The van der Waals surface area contributed by atoms with Gasteiger partial charge >= 0.3 is 0 Å². The van der Waals surface area contributed by atoms with Gasteiger partial charge in [-0.3, -0.25) is 4.79 Å². The Hall–Kier alpha value is -3.28. The zero-order chi connectivity index (χ0) is 26.2. The van der Waals surface area contributed by atoms with E-state index in [0.29, 0.717) is 38.3 Å². The van der Waals surface area contributed by atoms with E-state index >= 15 is 0 Å². The minimum Gasteiger partial charge on any atom is -0.492 e. The predicted octanol–water partition coefficient (Wildman–Crippen LogP) is 3.96. The molecule has 0 aromatic heterocycles. The van der Waals surface area contributed by atoms with Crippen molar-refractivity contribution in [1.29, 1.82) is 0 Å². The summed E-state index contributed by atoms with van der Waals surface area (Å²) in [4.78, 5) is 11.4. The average molecular weight is 626 g/mol. The molecule has 3 aromatic carbocycles. The highest BCUT2D eigenvalue weighted by Crippen LogP contribution is 2.33. The molecule has 2 heterocycles. The Labute approximate surface area is 232 Å². The molecule has 198 valence electrons. The Morgan fingerprint density at radius 1 is 1.00 bits per heavy atom. The first-order valence-corrected chi connectivity index (χ1v) is 15.3. The van der Waals surface area contributed by atoms with Crippen LogP contribution in [0.5, 0.6) is 11.5 Å². The number of aliphatic hydroxyl groups excluding tert-OH is 1. The number of hydrogen-bond acceptors (Lipinski definition) is 7. The summed E-state index contributed by atoms with van der Waals surface area (Å²) in [5, 5.41) is 21.1. The van der Waals surface area contributed by atoms with E-state index in [0.717, 1.165) is 28.4 Å². The van der Waals surface area contributed by atoms with E-state index < -0.39 is 6.10 Å². The van der Waals surface area contributed by atoms with Gasteiger partial charge in [0.1, 0.15) is 30.8 Å². The van der Waals surface area contributed by atoms with Crippen LogP contribution in [0.15, 0.2) is 77.9 Å². The van der Waals surface area contributed by atoms with Crippen molar-refractivity contribution in [3.05, 3.63) is 83.9 Å². The maximum Gasteiger partial charge on any atom is 0.240 e. The van der Waals surface area contributed by atoms with Gasteiger partial charge in [-0.1, -0.05) is 24.3 Å². The molecule has 5 rings (SSSR count). The number of anilines is 2. The number of aliphatic hydroxyl groups is 1. The zero-order valence-electron chi connectivity index (χ0n) is 21.0. The Kier molecular flexibility index (Phi) is 9.00. The summed E-state index contributed by atoms with van der Waals surface area (Å²) < 4.78 is 14.6. The van der Waals surface area contributed by atoms with Crippen molar-refractivity contribution in [2.45, 2.75) is 18.9 Å². The molecule has 4 N–H and O–H groups in total. The van der Waals surface area contributed by atoms with Crippen LogP contribution in [0.1, 0.15) is 24.0 Å². The molecule has 1 atom stereocenters. The molecular weight excluding hydrogens is 595 g/mol. The SMILES string of the molecule is O=C1CCC(c2ccc(OCCNCC(O)COc3cccc(Nc4ccccc4)c3)c(C3=IC3)c2)=NN1. The molecule has 9 heteroatoms. The number of carbonyl (C=O) groups is 1. The number of nitrogens with zero attached hydrogens (tertiary/aromatic N) is 1. The minimum atomic E-state index is -0.640. The lowest BCUT2D eigenvalue weighted by molar-refractivity contribution is -0.121. The molecule has 2 aliphatic rings. The molecule has 38 heavy (non-hydrogen) atoms. The molecule has 0 saturated carbocycles. The second-order valence-corrected chi connectivity index (χ2v) is 11.8. The first-order valence-electron chi connectivity index (χ1n) is 12.7. The van der Waals surface area contributed by atoms with Crippen molar-refractivity contribution in [1.82, 2.24) is 10.7 Å². The first kappa shape index (κ1) is 26.3. The molecule has 0 aliphatic carbocycles. The van der Waals surface area contributed by atoms with Gasteiger partial charge in [-0.15, -0.1) is 20.7 Å². The number of benzene rings is 3. The van der Waals surface area contributed by atoms with Crippen LogP contribution in [0.25, 0.3) is 0 Å². The maximum absolute atomic E-state index is 11.4. The number of halogens is 1. The van der Waals surface area contributed by atoms with E-state index in [1.54, 1.807) is 0 Å². The molecule has 0 saturated heterocycles. The highest BCUT2D eigenvalue weighted by atomic mass is 127. The zero-order valence-corrected chi connectivity index (χ0v) is 23.1. The Morgan fingerprint density at radius 3 is 2.63 bits per heavy atom. The third-order valence-corrected chi connectivity index (χ3v) is 8.14. The maximum atomic E-state index is 11.4. The summed E-state index contributed by atoms with van der Waals surface area (Å²) in [7, 11) is 0. The van der Waals surface area contributed by atoms with Gasteiger partial charge in [0, 0.05) is 56.9 Å². The predicted molar refractivity (Wildman–Crippen MR) is 159 cm³/mol. The standard InChI is InChI=1S/C29H31IN4O4/c35-23(19-38-24-8-4-7-22(16-24)32-21-5-2-1-3-6-21)18-31-13-14-37-28-11-9-20(15-25(28)26-17-30-26)27-10-12-29(36)34-33-27/h1-9,11,15-16,23,31-32,35H,10,12-14,17-19H2,(H,34,36). The summed E-state index contributed by atoms with van der Waals surface area (Å²) in [6, 6.07) is 23.8. The molecule has 1 amide bonds. The van der Waals surface area contributed by atoms with Crippen LogP contribution in [0, 0.1) is 0 Å². The van der Waals surface area contributed by atoms with Crippen molar-refractivity contribution in [2.24, 2.45) is 5.10 Å². The Bertz CT molecular complexity index is 1330. The number of alkyl halides is 1. The van der Waals surface area contributed by atoms with Gasteiger partial charge in [0.05, 0.1) is 5.71 Å². The Balaban J connectivity index is 1.04. The van der Waals surface area contributed by atoms with E-state index in [9.17, 15) is 9.90 Å². The first-order chi connectivity index (χ1) is 18.6. The fourth-order valence-electron chi connectivity index (χ4n) is 4.01. The third-order valence-electron chi connectivity index (χ3n) is 6.03. The van der Waals surface area contributed by atoms with Crippen molar-refractivity contribution in [3.63, 3.8) is 0 Å². The van der Waals surface area contributed by atoms with Crippen LogP contribution in [0.3, 0.4) is 0 Å². The van der Waals surface area contributed by atoms with Crippen LogP contribution >= 0.6 is 20.7 Å². The van der Waals surface area contributed by atoms with E-state index in [2.05, 4.69) is 27.2 Å². The number of nitrogens with one attached hydrogen (secondary N) is 3. The van der Waals surface area contributed by atoms with Crippen LogP contribution < -0.4 is 25.5 Å². The number of hydrogen-bond donors (Lipinski definition) is 4. The fourth-order valence-corrected chi connectivity index (χ4v) is 5.45. The van der Waals surface area contributed by atoms with Crippen LogP contribution in [0.2, 0.25) is 0 Å². The van der Waals surface area contributed by atoms with Crippen LogP contribution in [0.4, 0.5) is 11.4 Å². The molecular formula is C29H31IN4O4. The number of para-hydroxylation sites is 1. The van der Waals surface area contributed by atoms with Crippen molar-refractivity contribution < 1.29 is 19.4 Å². The number of amides is 1. The number of ether oxygens (including phenoxy) is 2. The summed E-state index contributed by atoms with van der Waals surface area (Å²) in [5.74, 6) is 1.55. The number of rotatable bonds is 13. The van der Waals surface area contributed by atoms with E-state index in [1.807, 2.05) is 66.7 Å². The molecule has 0 bridgehead atoms.